The van der Waals surface area contributed by atoms with Gasteiger partial charge in [-0.3, -0.25) is 9.69 Å². The SMILES string of the molecule is O=C(C1CCN(C2COC2)CC1)N1C2CNCC1C2. The highest BCUT2D eigenvalue weighted by molar-refractivity contribution is 5.80. The standard InChI is InChI=1S/C14H23N3O2/c18-14(17-11-5-12(17)7-15-6-11)10-1-3-16(4-2-10)13-8-19-9-13/h10-13,15H,1-9H2. The van der Waals surface area contributed by atoms with Crippen LogP contribution in [-0.2, 0) is 9.53 Å². The van der Waals surface area contributed by atoms with E-state index in [1.54, 1.807) is 0 Å². The maximum absolute atomic E-state index is 12.6. The lowest BCUT2D eigenvalue weighted by molar-refractivity contribution is -0.154. The lowest BCUT2D eigenvalue weighted by Gasteiger charge is -2.54. The van der Waals surface area contributed by atoms with Crippen LogP contribution >= 0.6 is 0 Å². The maximum Gasteiger partial charge on any atom is 0.226 e. The highest BCUT2D eigenvalue weighted by atomic mass is 16.5. The van der Waals surface area contributed by atoms with E-state index in [9.17, 15) is 4.79 Å². The summed E-state index contributed by atoms with van der Waals surface area (Å²) in [6, 6.07) is 1.61. The molecular weight excluding hydrogens is 242 g/mol. The molecule has 4 rings (SSSR count). The van der Waals surface area contributed by atoms with Gasteiger partial charge in [0.15, 0.2) is 0 Å². The third-order valence-corrected chi connectivity index (χ3v) is 5.36. The molecule has 0 aromatic rings. The van der Waals surface area contributed by atoms with E-state index in [0.717, 1.165) is 52.2 Å². The number of carbonyl (C=O) groups is 1. The van der Waals surface area contributed by atoms with Crippen molar-refractivity contribution in [2.45, 2.75) is 37.4 Å². The Hall–Kier alpha value is -0.650. The molecule has 2 atom stereocenters. The first-order chi connectivity index (χ1) is 9.33. The van der Waals surface area contributed by atoms with E-state index >= 15 is 0 Å². The number of likely N-dealkylation sites (tertiary alicyclic amines) is 1. The molecule has 4 aliphatic rings. The number of piperidine rings is 2. The van der Waals surface area contributed by atoms with E-state index in [1.165, 1.54) is 6.42 Å². The van der Waals surface area contributed by atoms with E-state index < -0.39 is 0 Å². The first kappa shape index (κ1) is 12.1. The van der Waals surface area contributed by atoms with Crippen LogP contribution in [-0.4, -0.2) is 73.2 Å². The number of nitrogens with zero attached hydrogens (tertiary/aromatic N) is 2. The van der Waals surface area contributed by atoms with E-state index in [2.05, 4.69) is 15.1 Å². The normalized spacial score (nSPS) is 36.7. The number of fused-ring (bicyclic) bond motifs is 2. The van der Waals surface area contributed by atoms with Gasteiger partial charge in [0, 0.05) is 31.1 Å². The monoisotopic (exact) mass is 265 g/mol. The fourth-order valence-electron chi connectivity index (χ4n) is 4.00. The Labute approximate surface area is 114 Å². The van der Waals surface area contributed by atoms with E-state index in [0.29, 0.717) is 24.0 Å². The average molecular weight is 265 g/mol. The zero-order chi connectivity index (χ0) is 12.8. The topological polar surface area (TPSA) is 44.8 Å². The zero-order valence-electron chi connectivity index (χ0n) is 11.4. The van der Waals surface area contributed by atoms with E-state index in [1.807, 2.05) is 0 Å². The van der Waals surface area contributed by atoms with Crippen LogP contribution in [0, 0.1) is 5.92 Å². The van der Waals surface area contributed by atoms with Crippen LogP contribution in [0.2, 0.25) is 0 Å². The van der Waals surface area contributed by atoms with Crippen LogP contribution in [0.15, 0.2) is 0 Å². The van der Waals surface area contributed by atoms with Crippen LogP contribution in [0.25, 0.3) is 0 Å². The van der Waals surface area contributed by atoms with Crippen molar-refractivity contribution in [2.24, 2.45) is 5.92 Å². The molecule has 1 amide bonds. The van der Waals surface area contributed by atoms with Gasteiger partial charge in [-0.2, -0.15) is 0 Å². The van der Waals surface area contributed by atoms with Gasteiger partial charge in [-0.05, 0) is 32.4 Å². The van der Waals surface area contributed by atoms with Crippen LogP contribution in [0.5, 0.6) is 0 Å². The molecule has 0 spiro atoms. The van der Waals surface area contributed by atoms with Crippen LogP contribution in [0.1, 0.15) is 19.3 Å². The number of amides is 1. The smallest absolute Gasteiger partial charge is 0.226 e. The second-order valence-corrected chi connectivity index (χ2v) is 6.45. The summed E-state index contributed by atoms with van der Waals surface area (Å²) in [4.78, 5) is 17.3. The zero-order valence-corrected chi connectivity index (χ0v) is 11.4. The largest absolute Gasteiger partial charge is 0.378 e. The fraction of sp³-hybridized carbons (Fsp3) is 0.929. The van der Waals surface area contributed by atoms with Crippen molar-refractivity contribution in [3.05, 3.63) is 0 Å². The predicted octanol–water partition coefficient (Wildman–Crippen LogP) is -0.330. The minimum Gasteiger partial charge on any atom is -0.378 e. The minimum absolute atomic E-state index is 0.278. The third kappa shape index (κ3) is 1.99. The van der Waals surface area contributed by atoms with Gasteiger partial charge in [0.05, 0.1) is 19.3 Å². The summed E-state index contributed by atoms with van der Waals surface area (Å²) in [5, 5.41) is 3.39. The molecule has 5 nitrogen and oxygen atoms in total. The van der Waals surface area contributed by atoms with Gasteiger partial charge >= 0.3 is 0 Å². The van der Waals surface area contributed by atoms with Crippen molar-refractivity contribution in [1.29, 1.82) is 0 Å². The van der Waals surface area contributed by atoms with Gasteiger partial charge in [-0.25, -0.2) is 0 Å². The number of nitrogens with one attached hydrogen (secondary N) is 1. The van der Waals surface area contributed by atoms with Crippen molar-refractivity contribution in [1.82, 2.24) is 15.1 Å². The van der Waals surface area contributed by atoms with Crippen molar-refractivity contribution in [3.8, 4) is 0 Å². The van der Waals surface area contributed by atoms with Gasteiger partial charge in [0.25, 0.3) is 0 Å². The van der Waals surface area contributed by atoms with Crippen molar-refractivity contribution < 1.29 is 9.53 Å². The number of piperazine rings is 1. The molecule has 0 saturated carbocycles. The molecule has 106 valence electrons. The molecule has 0 aliphatic carbocycles. The number of rotatable bonds is 2. The van der Waals surface area contributed by atoms with E-state index in [-0.39, 0.29) is 5.92 Å². The van der Waals surface area contributed by atoms with Gasteiger partial charge in [-0.1, -0.05) is 0 Å². The molecule has 4 fully saturated rings. The van der Waals surface area contributed by atoms with Crippen LogP contribution < -0.4 is 5.32 Å². The molecule has 0 aromatic heterocycles. The Bertz CT molecular complexity index is 350. The molecule has 4 saturated heterocycles. The Morgan fingerprint density at radius 2 is 1.74 bits per heavy atom. The molecule has 2 bridgehead atoms. The number of hydrogen-bond acceptors (Lipinski definition) is 4. The predicted molar refractivity (Wildman–Crippen MR) is 70.8 cm³/mol. The second kappa shape index (κ2) is 4.72. The van der Waals surface area contributed by atoms with Crippen molar-refractivity contribution in [3.63, 3.8) is 0 Å². The summed E-state index contributed by atoms with van der Waals surface area (Å²) >= 11 is 0. The summed E-state index contributed by atoms with van der Waals surface area (Å²) in [6.45, 7) is 5.93. The summed E-state index contributed by atoms with van der Waals surface area (Å²) < 4.78 is 5.25. The lowest BCUT2D eigenvalue weighted by Crippen LogP contribution is -2.70. The molecule has 0 aromatic carbocycles. The highest BCUT2D eigenvalue weighted by Gasteiger charge is 2.46. The number of ether oxygens (including phenoxy) is 1. The molecule has 19 heavy (non-hydrogen) atoms. The molecule has 0 radical (unpaired) electrons. The summed E-state index contributed by atoms with van der Waals surface area (Å²) in [5.41, 5.74) is 0. The molecule has 5 heteroatoms. The van der Waals surface area contributed by atoms with Gasteiger partial charge in [0.2, 0.25) is 5.91 Å². The summed E-state index contributed by atoms with van der Waals surface area (Å²) in [7, 11) is 0. The van der Waals surface area contributed by atoms with Crippen LogP contribution in [0.3, 0.4) is 0 Å². The fourth-order valence-corrected chi connectivity index (χ4v) is 4.00. The second-order valence-electron chi connectivity index (χ2n) is 6.45. The number of carbonyl (C=O) groups excluding carboxylic acids is 1. The number of hydrogen-bond donors (Lipinski definition) is 1. The molecule has 2 unspecified atom stereocenters. The first-order valence-electron chi connectivity index (χ1n) is 7.67. The Balaban J connectivity index is 1.32. The van der Waals surface area contributed by atoms with Gasteiger partial charge in [0.1, 0.15) is 0 Å². The first-order valence-corrected chi connectivity index (χ1v) is 7.67. The van der Waals surface area contributed by atoms with Crippen molar-refractivity contribution in [2.75, 3.05) is 39.4 Å². The highest BCUT2D eigenvalue weighted by Crippen LogP contribution is 2.32. The maximum atomic E-state index is 12.6. The lowest BCUT2D eigenvalue weighted by atomic mass is 9.85. The summed E-state index contributed by atoms with van der Waals surface area (Å²) in [6.07, 6.45) is 3.30. The Kier molecular flexibility index (Phi) is 3.01. The van der Waals surface area contributed by atoms with Gasteiger partial charge < -0.3 is 15.0 Å². The Morgan fingerprint density at radius 1 is 1.05 bits per heavy atom. The average Bonchev–Trinajstić information content (AvgIpc) is 2.38. The quantitative estimate of drug-likeness (QED) is 0.742. The molecule has 4 heterocycles. The van der Waals surface area contributed by atoms with Crippen LogP contribution in [0.4, 0.5) is 0 Å². The van der Waals surface area contributed by atoms with Gasteiger partial charge in [-0.15, -0.1) is 0 Å². The minimum atomic E-state index is 0.278. The molecular formula is C14H23N3O2. The Morgan fingerprint density at radius 3 is 2.26 bits per heavy atom. The van der Waals surface area contributed by atoms with E-state index in [4.69, 9.17) is 4.74 Å². The molecule has 4 aliphatic heterocycles. The van der Waals surface area contributed by atoms with Crippen molar-refractivity contribution >= 4 is 5.91 Å². The third-order valence-electron chi connectivity index (χ3n) is 5.36. The molecule has 1 N–H and O–H groups in total. The summed E-state index contributed by atoms with van der Waals surface area (Å²) in [5.74, 6) is 0.716.